The Balaban J connectivity index is 0.000000810. The fourth-order valence-electron chi connectivity index (χ4n) is 0.796. The van der Waals surface area contributed by atoms with Crippen molar-refractivity contribution in [3.8, 4) is 0 Å². The van der Waals surface area contributed by atoms with E-state index in [4.69, 9.17) is 0 Å². The molecule has 0 spiro atoms. The van der Waals surface area contributed by atoms with Crippen molar-refractivity contribution in [2.75, 3.05) is 0 Å². The van der Waals surface area contributed by atoms with E-state index in [1.807, 2.05) is 6.20 Å². The smallest absolute Gasteiger partial charge is 0.106 e. The normalized spacial score (nSPS) is 10.6. The van der Waals surface area contributed by atoms with Crippen LogP contribution < -0.4 is 0 Å². The summed E-state index contributed by atoms with van der Waals surface area (Å²) in [6, 6.07) is 0. The molecule has 1 N–H and O–H groups in total. The van der Waals surface area contributed by atoms with Crippen molar-refractivity contribution in [1.82, 2.24) is 9.97 Å². The van der Waals surface area contributed by atoms with Gasteiger partial charge in [-0.15, -0.1) is 0 Å². The highest BCUT2D eigenvalue weighted by atomic mass is 14.9. The van der Waals surface area contributed by atoms with Gasteiger partial charge in [-0.25, -0.2) is 4.98 Å². The third-order valence-corrected chi connectivity index (χ3v) is 1.16. The van der Waals surface area contributed by atoms with Crippen LogP contribution in [0, 0.1) is 5.92 Å². The van der Waals surface area contributed by atoms with Gasteiger partial charge in [0.15, 0.2) is 0 Å². The van der Waals surface area contributed by atoms with E-state index >= 15 is 0 Å². The molecule has 1 aromatic rings. The zero-order valence-electron chi connectivity index (χ0n) is 5.89. The minimum absolute atomic E-state index is 0. The van der Waals surface area contributed by atoms with Crippen LogP contribution in [-0.2, 0) is 6.42 Å². The average molecular weight is 126 g/mol. The molecule has 0 aromatic carbocycles. The number of hydrogen-bond donors (Lipinski definition) is 1. The molecule has 0 unspecified atom stereocenters. The van der Waals surface area contributed by atoms with Gasteiger partial charge in [-0.3, -0.25) is 0 Å². The average Bonchev–Trinajstić information content (AvgIpc) is 2.15. The first-order chi connectivity index (χ1) is 4.29. The third kappa shape index (κ3) is 1.88. The summed E-state index contributed by atoms with van der Waals surface area (Å²) in [5, 5.41) is 0. The molecule has 1 rings (SSSR count). The number of aromatic nitrogens is 2. The number of aromatic amines is 1. The molecule has 1 heterocycles. The van der Waals surface area contributed by atoms with Gasteiger partial charge in [0.2, 0.25) is 0 Å². The van der Waals surface area contributed by atoms with Crippen molar-refractivity contribution in [2.24, 2.45) is 5.92 Å². The zero-order valence-corrected chi connectivity index (χ0v) is 5.89. The maximum Gasteiger partial charge on any atom is 0.106 e. The van der Waals surface area contributed by atoms with E-state index in [0.717, 1.165) is 12.2 Å². The Hall–Kier alpha value is -0.790. The number of H-pyrrole nitrogens is 1. The van der Waals surface area contributed by atoms with Crippen LogP contribution in [0.1, 0.15) is 21.1 Å². The van der Waals surface area contributed by atoms with E-state index in [9.17, 15) is 0 Å². The zero-order chi connectivity index (χ0) is 6.69. The van der Waals surface area contributed by atoms with E-state index in [0.29, 0.717) is 5.92 Å². The van der Waals surface area contributed by atoms with Crippen molar-refractivity contribution in [3.05, 3.63) is 18.2 Å². The van der Waals surface area contributed by atoms with Crippen LogP contribution >= 0.6 is 0 Å². The molecule has 0 aliphatic heterocycles. The molecule has 0 amide bonds. The van der Waals surface area contributed by atoms with Gasteiger partial charge in [0.25, 0.3) is 0 Å². The largest absolute Gasteiger partial charge is 0.349 e. The fourth-order valence-corrected chi connectivity index (χ4v) is 0.796. The van der Waals surface area contributed by atoms with E-state index in [-0.39, 0.29) is 1.43 Å². The Morgan fingerprint density at radius 1 is 1.78 bits per heavy atom. The second-order valence-electron chi connectivity index (χ2n) is 2.63. The monoisotopic (exact) mass is 126 g/mol. The highest BCUT2D eigenvalue weighted by Crippen LogP contribution is 2.00. The second-order valence-corrected chi connectivity index (χ2v) is 2.63. The van der Waals surface area contributed by atoms with Crippen LogP contribution in [-0.4, -0.2) is 9.97 Å². The molecule has 0 atom stereocenters. The van der Waals surface area contributed by atoms with Gasteiger partial charge in [-0.05, 0) is 5.92 Å². The van der Waals surface area contributed by atoms with Gasteiger partial charge < -0.3 is 4.98 Å². The molecule has 0 saturated carbocycles. The van der Waals surface area contributed by atoms with E-state index in [2.05, 4.69) is 23.8 Å². The van der Waals surface area contributed by atoms with E-state index < -0.39 is 0 Å². The topological polar surface area (TPSA) is 28.7 Å². The molecule has 0 fully saturated rings. The van der Waals surface area contributed by atoms with E-state index in [1.54, 1.807) is 6.20 Å². The summed E-state index contributed by atoms with van der Waals surface area (Å²) >= 11 is 0. The predicted molar refractivity (Wildman–Crippen MR) is 39.2 cm³/mol. The van der Waals surface area contributed by atoms with Gasteiger partial charge in [0.05, 0.1) is 0 Å². The van der Waals surface area contributed by atoms with Gasteiger partial charge in [-0.1, -0.05) is 13.8 Å². The second kappa shape index (κ2) is 2.67. The molecular weight excluding hydrogens is 112 g/mol. The number of nitrogens with one attached hydrogen (secondary N) is 1. The lowest BCUT2D eigenvalue weighted by Gasteiger charge is -1.98. The minimum Gasteiger partial charge on any atom is -0.349 e. The van der Waals surface area contributed by atoms with Crippen molar-refractivity contribution >= 4 is 0 Å². The van der Waals surface area contributed by atoms with Crippen LogP contribution in [0.2, 0.25) is 0 Å². The summed E-state index contributed by atoms with van der Waals surface area (Å²) in [6.45, 7) is 4.37. The van der Waals surface area contributed by atoms with Gasteiger partial charge >= 0.3 is 0 Å². The summed E-state index contributed by atoms with van der Waals surface area (Å²) in [5.74, 6) is 1.78. The molecule has 52 valence electrons. The first kappa shape index (κ1) is 6.33. The summed E-state index contributed by atoms with van der Waals surface area (Å²) in [7, 11) is 0. The highest BCUT2D eigenvalue weighted by molar-refractivity contribution is 4.87. The van der Waals surface area contributed by atoms with Gasteiger partial charge in [0.1, 0.15) is 5.82 Å². The van der Waals surface area contributed by atoms with Crippen molar-refractivity contribution in [2.45, 2.75) is 20.3 Å². The molecule has 0 aliphatic rings. The SMILES string of the molecule is CC(C)Cc1ncc[nH]1.[HH]. The molecule has 0 saturated heterocycles. The molecular formula is C7H14N2. The van der Waals surface area contributed by atoms with Crippen molar-refractivity contribution in [3.63, 3.8) is 0 Å². The third-order valence-electron chi connectivity index (χ3n) is 1.16. The fraction of sp³-hybridized carbons (Fsp3) is 0.571. The molecule has 0 bridgehead atoms. The quantitative estimate of drug-likeness (QED) is 0.643. The Morgan fingerprint density at radius 3 is 3.00 bits per heavy atom. The van der Waals surface area contributed by atoms with Crippen LogP contribution in [0.25, 0.3) is 0 Å². The Morgan fingerprint density at radius 2 is 2.56 bits per heavy atom. The summed E-state index contributed by atoms with van der Waals surface area (Å²) in [6.07, 6.45) is 4.70. The van der Waals surface area contributed by atoms with Crippen LogP contribution in [0.3, 0.4) is 0 Å². The molecule has 9 heavy (non-hydrogen) atoms. The summed E-state index contributed by atoms with van der Waals surface area (Å²) < 4.78 is 0. The lowest BCUT2D eigenvalue weighted by atomic mass is 10.1. The molecule has 0 radical (unpaired) electrons. The van der Waals surface area contributed by atoms with Gasteiger partial charge in [-0.2, -0.15) is 0 Å². The summed E-state index contributed by atoms with van der Waals surface area (Å²) in [4.78, 5) is 7.16. The number of rotatable bonds is 2. The minimum atomic E-state index is 0. The standard InChI is InChI=1S/C7H12N2.H2/c1-6(2)5-7-8-3-4-9-7;/h3-4,6H,5H2,1-2H3,(H,8,9);1H. The Labute approximate surface area is 56.8 Å². The lowest BCUT2D eigenvalue weighted by Crippen LogP contribution is -1.95. The predicted octanol–water partition coefficient (Wildman–Crippen LogP) is 1.85. The molecule has 1 aromatic heterocycles. The Kier molecular flexibility index (Phi) is 1.88. The van der Waals surface area contributed by atoms with Crippen molar-refractivity contribution in [1.29, 1.82) is 0 Å². The van der Waals surface area contributed by atoms with Crippen LogP contribution in [0.15, 0.2) is 12.4 Å². The first-order valence-corrected chi connectivity index (χ1v) is 3.27. The summed E-state index contributed by atoms with van der Waals surface area (Å²) in [5.41, 5.74) is 0. The lowest BCUT2D eigenvalue weighted by molar-refractivity contribution is 0.626. The maximum atomic E-state index is 4.10. The Bertz CT molecular complexity index is 158. The van der Waals surface area contributed by atoms with Gasteiger partial charge in [0, 0.05) is 20.2 Å². The highest BCUT2D eigenvalue weighted by Gasteiger charge is 1.96. The molecule has 2 heteroatoms. The van der Waals surface area contributed by atoms with Crippen molar-refractivity contribution < 1.29 is 1.43 Å². The number of hydrogen-bond acceptors (Lipinski definition) is 1. The van der Waals surface area contributed by atoms with Crippen LogP contribution in [0.5, 0.6) is 0 Å². The van der Waals surface area contributed by atoms with E-state index in [1.165, 1.54) is 0 Å². The molecule has 0 aliphatic carbocycles. The van der Waals surface area contributed by atoms with Crippen LogP contribution in [0.4, 0.5) is 0 Å². The molecule has 2 nitrogen and oxygen atoms in total. The maximum absolute atomic E-state index is 4.10. The first-order valence-electron chi connectivity index (χ1n) is 3.27. The number of imidazole rings is 1. The number of nitrogens with zero attached hydrogens (tertiary/aromatic N) is 1.